The molecule has 126 valence electrons. The standard InChI is InChI=1S/C20H22ClNO2/c21-19-8-4-1-5-15(19)9-14-20(23)22-16-10-12-18(13-11-16)24-17-6-2-3-7-17/h1,4-5,8,10-13,17H,2-3,6-7,9,14H2,(H,22,23). The Bertz CT molecular complexity index is 678. The van der Waals surface area contributed by atoms with Crippen molar-refractivity contribution in [2.45, 2.75) is 44.6 Å². The van der Waals surface area contributed by atoms with E-state index in [0.717, 1.165) is 29.8 Å². The second kappa shape index (κ2) is 8.20. The highest BCUT2D eigenvalue weighted by atomic mass is 35.5. The number of benzene rings is 2. The topological polar surface area (TPSA) is 38.3 Å². The van der Waals surface area contributed by atoms with Crippen LogP contribution in [0.3, 0.4) is 0 Å². The van der Waals surface area contributed by atoms with Gasteiger partial charge in [0, 0.05) is 17.1 Å². The zero-order valence-electron chi connectivity index (χ0n) is 13.6. The van der Waals surface area contributed by atoms with E-state index in [4.69, 9.17) is 16.3 Å². The maximum absolute atomic E-state index is 12.1. The molecule has 1 N–H and O–H groups in total. The van der Waals surface area contributed by atoms with Gasteiger partial charge in [-0.2, -0.15) is 0 Å². The number of rotatable bonds is 6. The van der Waals surface area contributed by atoms with E-state index in [1.807, 2.05) is 48.5 Å². The highest BCUT2D eigenvalue weighted by molar-refractivity contribution is 6.31. The van der Waals surface area contributed by atoms with Crippen LogP contribution in [0.15, 0.2) is 48.5 Å². The van der Waals surface area contributed by atoms with Crippen molar-refractivity contribution in [1.29, 1.82) is 0 Å². The van der Waals surface area contributed by atoms with Crippen LogP contribution in [0, 0.1) is 0 Å². The summed E-state index contributed by atoms with van der Waals surface area (Å²) >= 11 is 6.11. The number of amides is 1. The zero-order valence-corrected chi connectivity index (χ0v) is 14.4. The molecule has 2 aromatic rings. The lowest BCUT2D eigenvalue weighted by atomic mass is 10.1. The fourth-order valence-corrected chi connectivity index (χ4v) is 3.22. The second-order valence-corrected chi connectivity index (χ2v) is 6.60. The number of ether oxygens (including phenoxy) is 1. The van der Waals surface area contributed by atoms with E-state index in [0.29, 0.717) is 24.0 Å². The number of hydrogen-bond acceptors (Lipinski definition) is 2. The predicted octanol–water partition coefficient (Wildman–Crippen LogP) is 5.23. The summed E-state index contributed by atoms with van der Waals surface area (Å²) in [5.41, 5.74) is 1.78. The smallest absolute Gasteiger partial charge is 0.224 e. The number of hydrogen-bond donors (Lipinski definition) is 1. The van der Waals surface area contributed by atoms with Gasteiger partial charge in [0.1, 0.15) is 5.75 Å². The van der Waals surface area contributed by atoms with E-state index < -0.39 is 0 Å². The lowest BCUT2D eigenvalue weighted by Crippen LogP contribution is -2.13. The van der Waals surface area contributed by atoms with Crippen LogP contribution in [-0.4, -0.2) is 12.0 Å². The molecule has 0 unspecified atom stereocenters. The summed E-state index contributed by atoms with van der Waals surface area (Å²) in [5.74, 6) is 0.857. The van der Waals surface area contributed by atoms with Crippen molar-refractivity contribution in [3.05, 3.63) is 59.1 Å². The molecule has 0 atom stereocenters. The Labute approximate surface area is 148 Å². The van der Waals surface area contributed by atoms with Gasteiger partial charge in [0.2, 0.25) is 5.91 Å². The van der Waals surface area contributed by atoms with Gasteiger partial charge in [0.05, 0.1) is 6.10 Å². The first kappa shape index (κ1) is 16.8. The quantitative estimate of drug-likeness (QED) is 0.779. The first-order valence-electron chi connectivity index (χ1n) is 8.51. The molecule has 1 fully saturated rings. The average molecular weight is 344 g/mol. The van der Waals surface area contributed by atoms with Gasteiger partial charge < -0.3 is 10.1 Å². The van der Waals surface area contributed by atoms with E-state index in [1.165, 1.54) is 12.8 Å². The second-order valence-electron chi connectivity index (χ2n) is 6.19. The molecule has 3 nitrogen and oxygen atoms in total. The monoisotopic (exact) mass is 343 g/mol. The van der Waals surface area contributed by atoms with Gasteiger partial charge in [0.25, 0.3) is 0 Å². The third kappa shape index (κ3) is 4.75. The normalized spacial score (nSPS) is 14.5. The van der Waals surface area contributed by atoms with Gasteiger partial charge in [-0.05, 0) is 68.0 Å². The summed E-state index contributed by atoms with van der Waals surface area (Å²) < 4.78 is 5.93. The minimum Gasteiger partial charge on any atom is -0.490 e. The largest absolute Gasteiger partial charge is 0.490 e. The van der Waals surface area contributed by atoms with Crippen molar-refractivity contribution < 1.29 is 9.53 Å². The summed E-state index contributed by atoms with van der Waals surface area (Å²) in [6.45, 7) is 0. The van der Waals surface area contributed by atoms with Crippen LogP contribution in [0.25, 0.3) is 0 Å². The minimum atomic E-state index is -0.0145. The Hall–Kier alpha value is -2.00. The molecule has 3 rings (SSSR count). The highest BCUT2D eigenvalue weighted by Gasteiger charge is 2.16. The van der Waals surface area contributed by atoms with Gasteiger partial charge in [-0.25, -0.2) is 0 Å². The number of carbonyl (C=O) groups is 1. The van der Waals surface area contributed by atoms with Crippen LogP contribution >= 0.6 is 11.6 Å². The molecular formula is C20H22ClNO2. The molecular weight excluding hydrogens is 322 g/mol. The molecule has 4 heteroatoms. The zero-order chi connectivity index (χ0) is 16.8. The molecule has 2 aromatic carbocycles. The van der Waals surface area contributed by atoms with E-state index in [9.17, 15) is 4.79 Å². The molecule has 0 aliphatic heterocycles. The predicted molar refractivity (Wildman–Crippen MR) is 97.7 cm³/mol. The van der Waals surface area contributed by atoms with Crippen molar-refractivity contribution in [3.63, 3.8) is 0 Å². The van der Waals surface area contributed by atoms with Crippen LogP contribution in [0.4, 0.5) is 5.69 Å². The van der Waals surface area contributed by atoms with Crippen molar-refractivity contribution >= 4 is 23.2 Å². The fourth-order valence-electron chi connectivity index (χ4n) is 2.99. The van der Waals surface area contributed by atoms with Crippen molar-refractivity contribution in [1.82, 2.24) is 0 Å². The third-order valence-corrected chi connectivity index (χ3v) is 4.69. The Kier molecular flexibility index (Phi) is 5.76. The molecule has 0 radical (unpaired) electrons. The van der Waals surface area contributed by atoms with Crippen LogP contribution in [-0.2, 0) is 11.2 Å². The summed E-state index contributed by atoms with van der Waals surface area (Å²) in [6.07, 6.45) is 6.18. The number of carbonyl (C=O) groups excluding carboxylic acids is 1. The van der Waals surface area contributed by atoms with E-state index in [-0.39, 0.29) is 5.91 Å². The number of anilines is 1. The van der Waals surface area contributed by atoms with Crippen LogP contribution < -0.4 is 10.1 Å². The molecule has 1 amide bonds. The van der Waals surface area contributed by atoms with Crippen LogP contribution in [0.1, 0.15) is 37.7 Å². The lowest BCUT2D eigenvalue weighted by Gasteiger charge is -2.13. The lowest BCUT2D eigenvalue weighted by molar-refractivity contribution is -0.116. The summed E-state index contributed by atoms with van der Waals surface area (Å²) in [4.78, 5) is 12.1. The van der Waals surface area contributed by atoms with Crippen molar-refractivity contribution in [3.8, 4) is 5.75 Å². The Morgan fingerprint density at radius 1 is 1.08 bits per heavy atom. The fraction of sp³-hybridized carbons (Fsp3) is 0.350. The molecule has 24 heavy (non-hydrogen) atoms. The maximum atomic E-state index is 12.1. The van der Waals surface area contributed by atoms with Crippen molar-refractivity contribution in [2.75, 3.05) is 5.32 Å². The van der Waals surface area contributed by atoms with E-state index in [1.54, 1.807) is 0 Å². The average Bonchev–Trinajstić information content (AvgIpc) is 3.09. The Balaban J connectivity index is 1.48. The third-order valence-electron chi connectivity index (χ3n) is 4.32. The van der Waals surface area contributed by atoms with Gasteiger partial charge in [-0.3, -0.25) is 4.79 Å². The highest BCUT2D eigenvalue weighted by Crippen LogP contribution is 2.25. The summed E-state index contributed by atoms with van der Waals surface area (Å²) in [5, 5.41) is 3.62. The molecule has 0 spiro atoms. The van der Waals surface area contributed by atoms with E-state index >= 15 is 0 Å². The summed E-state index contributed by atoms with van der Waals surface area (Å²) in [6, 6.07) is 15.2. The minimum absolute atomic E-state index is 0.0145. The molecule has 0 heterocycles. The maximum Gasteiger partial charge on any atom is 0.224 e. The molecule has 1 aliphatic carbocycles. The number of nitrogens with one attached hydrogen (secondary N) is 1. The Morgan fingerprint density at radius 3 is 2.50 bits per heavy atom. The van der Waals surface area contributed by atoms with E-state index in [2.05, 4.69) is 5.32 Å². The van der Waals surface area contributed by atoms with Gasteiger partial charge in [-0.1, -0.05) is 29.8 Å². The molecule has 1 saturated carbocycles. The van der Waals surface area contributed by atoms with Crippen LogP contribution in [0.5, 0.6) is 5.75 Å². The SMILES string of the molecule is O=C(CCc1ccccc1Cl)Nc1ccc(OC2CCCC2)cc1. The van der Waals surface area contributed by atoms with Crippen LogP contribution in [0.2, 0.25) is 5.02 Å². The first-order valence-corrected chi connectivity index (χ1v) is 8.88. The van der Waals surface area contributed by atoms with Gasteiger partial charge in [0.15, 0.2) is 0 Å². The van der Waals surface area contributed by atoms with Gasteiger partial charge in [-0.15, -0.1) is 0 Å². The van der Waals surface area contributed by atoms with Crippen molar-refractivity contribution in [2.24, 2.45) is 0 Å². The number of aryl methyl sites for hydroxylation is 1. The molecule has 1 aliphatic rings. The molecule has 0 bridgehead atoms. The molecule has 0 saturated heterocycles. The first-order chi connectivity index (χ1) is 11.7. The van der Waals surface area contributed by atoms with Gasteiger partial charge >= 0.3 is 0 Å². The molecule has 0 aromatic heterocycles. The number of halogens is 1. The Morgan fingerprint density at radius 2 is 1.79 bits per heavy atom. The summed E-state index contributed by atoms with van der Waals surface area (Å²) in [7, 11) is 0.